The molecule has 1 saturated heterocycles. The first-order valence-corrected chi connectivity index (χ1v) is 11.0. The van der Waals surface area contributed by atoms with Gasteiger partial charge in [-0.15, -0.1) is 0 Å². The topological polar surface area (TPSA) is 51.2 Å². The molecular formula is C26H32N2O4. The Bertz CT molecular complexity index is 1030. The van der Waals surface area contributed by atoms with E-state index < -0.39 is 0 Å². The van der Waals surface area contributed by atoms with Crippen molar-refractivity contribution in [2.24, 2.45) is 0 Å². The summed E-state index contributed by atoms with van der Waals surface area (Å²) in [6.07, 6.45) is 4.82. The second-order valence-corrected chi connectivity index (χ2v) is 8.87. The minimum absolute atomic E-state index is 0.0327. The van der Waals surface area contributed by atoms with Crippen molar-refractivity contribution >= 4 is 11.7 Å². The molecule has 1 fully saturated rings. The van der Waals surface area contributed by atoms with Gasteiger partial charge in [0.05, 0.1) is 19.8 Å². The molecule has 170 valence electrons. The summed E-state index contributed by atoms with van der Waals surface area (Å²) in [6.45, 7) is 0.988. The van der Waals surface area contributed by atoms with Crippen LogP contribution in [-0.4, -0.2) is 58.8 Å². The summed E-state index contributed by atoms with van der Waals surface area (Å²) in [5, 5.41) is 0. The van der Waals surface area contributed by atoms with E-state index >= 15 is 0 Å². The molecule has 2 atom stereocenters. The number of fused-ring (bicyclic) bond motifs is 1. The Morgan fingerprint density at radius 3 is 2.56 bits per heavy atom. The molecule has 4 rings (SSSR count). The van der Waals surface area contributed by atoms with Gasteiger partial charge < -0.3 is 19.1 Å². The third kappa shape index (κ3) is 3.95. The van der Waals surface area contributed by atoms with Gasteiger partial charge in [-0.05, 0) is 68.4 Å². The number of carbonyl (C=O) groups is 1. The van der Waals surface area contributed by atoms with E-state index in [0.29, 0.717) is 5.56 Å². The molecule has 32 heavy (non-hydrogen) atoms. The fraction of sp³-hybridized carbons (Fsp3) is 0.423. The molecule has 0 spiro atoms. The maximum absolute atomic E-state index is 12.8. The summed E-state index contributed by atoms with van der Waals surface area (Å²) >= 11 is 0. The van der Waals surface area contributed by atoms with Gasteiger partial charge in [-0.1, -0.05) is 12.1 Å². The Morgan fingerprint density at radius 1 is 1.06 bits per heavy atom. The first-order chi connectivity index (χ1) is 15.4. The van der Waals surface area contributed by atoms with E-state index in [1.165, 1.54) is 5.56 Å². The van der Waals surface area contributed by atoms with Crippen molar-refractivity contribution in [1.29, 1.82) is 0 Å². The van der Waals surface area contributed by atoms with Crippen molar-refractivity contribution in [3.8, 4) is 11.5 Å². The predicted molar refractivity (Wildman–Crippen MR) is 126 cm³/mol. The number of allylic oxidation sites excluding steroid dienone is 1. The third-order valence-electron chi connectivity index (χ3n) is 6.89. The highest BCUT2D eigenvalue weighted by Gasteiger charge is 2.48. The van der Waals surface area contributed by atoms with Crippen molar-refractivity contribution in [2.45, 2.75) is 30.7 Å². The quantitative estimate of drug-likeness (QED) is 0.631. The van der Waals surface area contributed by atoms with Crippen molar-refractivity contribution in [1.82, 2.24) is 4.90 Å². The number of likely N-dealkylation sites (tertiary alicyclic amines) is 1. The monoisotopic (exact) mass is 436 g/mol. The molecule has 0 aromatic heterocycles. The lowest BCUT2D eigenvalue weighted by Gasteiger charge is -2.40. The van der Waals surface area contributed by atoms with Crippen LogP contribution >= 0.6 is 0 Å². The van der Waals surface area contributed by atoms with Gasteiger partial charge in [0.2, 0.25) is 0 Å². The zero-order valence-corrected chi connectivity index (χ0v) is 19.6. The maximum atomic E-state index is 12.8. The number of benzene rings is 2. The van der Waals surface area contributed by atoms with Crippen LogP contribution in [0.3, 0.4) is 0 Å². The van der Waals surface area contributed by atoms with Gasteiger partial charge in [0, 0.05) is 37.7 Å². The number of anilines is 1. The highest BCUT2D eigenvalue weighted by Crippen LogP contribution is 2.49. The minimum atomic E-state index is -0.306. The van der Waals surface area contributed by atoms with E-state index in [4.69, 9.17) is 14.2 Å². The van der Waals surface area contributed by atoms with Crippen LogP contribution in [0.5, 0.6) is 11.5 Å². The first-order valence-electron chi connectivity index (χ1n) is 11.0. The maximum Gasteiger partial charge on any atom is 0.343 e. The number of likely N-dealkylation sites (N-methyl/N-ethyl adjacent to an activating group) is 1. The number of methoxy groups -OCH3 is 2. The number of nitrogens with zero attached hydrogens (tertiary/aromatic N) is 2. The number of hydrogen-bond donors (Lipinski definition) is 0. The van der Waals surface area contributed by atoms with E-state index in [1.54, 1.807) is 20.3 Å². The van der Waals surface area contributed by atoms with Crippen LogP contribution < -0.4 is 14.4 Å². The zero-order chi connectivity index (χ0) is 22.9. The van der Waals surface area contributed by atoms with Crippen LogP contribution in [0.15, 0.2) is 54.3 Å². The highest BCUT2D eigenvalue weighted by atomic mass is 16.5. The standard InChI is InChI=1S/C26H32N2O4/c1-27(2)20-8-6-7-18(15-20)25(29)32-21-11-12-26(13-14-28(3)24(26)17-21)19-9-10-22(30-4)23(16-19)31-5/h6-10,15-17,24H,11-14H2,1-5H3/t24-,26-/m0/s1. The fourth-order valence-electron chi connectivity index (χ4n) is 5.03. The molecule has 6 nitrogen and oxygen atoms in total. The average Bonchev–Trinajstić information content (AvgIpc) is 3.15. The molecule has 0 saturated carbocycles. The third-order valence-corrected chi connectivity index (χ3v) is 6.89. The molecule has 2 aliphatic rings. The molecule has 1 aliphatic heterocycles. The molecule has 2 aromatic carbocycles. The van der Waals surface area contributed by atoms with Crippen LogP contribution in [0.4, 0.5) is 5.69 Å². The molecule has 1 aliphatic carbocycles. The van der Waals surface area contributed by atoms with Crippen LogP contribution in [-0.2, 0) is 10.2 Å². The Morgan fingerprint density at radius 2 is 1.84 bits per heavy atom. The number of rotatable bonds is 6. The van der Waals surface area contributed by atoms with Crippen LogP contribution in [0, 0.1) is 0 Å². The molecule has 2 aromatic rings. The summed E-state index contributed by atoms with van der Waals surface area (Å²) < 4.78 is 16.9. The molecule has 0 unspecified atom stereocenters. The van der Waals surface area contributed by atoms with Gasteiger partial charge in [0.15, 0.2) is 11.5 Å². The van der Waals surface area contributed by atoms with E-state index in [-0.39, 0.29) is 17.4 Å². The Balaban J connectivity index is 1.60. The lowest BCUT2D eigenvalue weighted by atomic mass is 9.68. The minimum Gasteiger partial charge on any atom is -0.493 e. The van der Waals surface area contributed by atoms with Gasteiger partial charge in [0.25, 0.3) is 0 Å². The van der Waals surface area contributed by atoms with E-state index in [1.807, 2.05) is 43.3 Å². The van der Waals surface area contributed by atoms with Gasteiger partial charge in [-0.3, -0.25) is 4.90 Å². The lowest BCUT2D eigenvalue weighted by molar-refractivity contribution is 0.0593. The zero-order valence-electron chi connectivity index (χ0n) is 19.6. The lowest BCUT2D eigenvalue weighted by Crippen LogP contribution is -2.42. The summed E-state index contributed by atoms with van der Waals surface area (Å²) in [5.74, 6) is 1.92. The predicted octanol–water partition coefficient (Wildman–Crippen LogP) is 4.25. The van der Waals surface area contributed by atoms with Gasteiger partial charge in [-0.2, -0.15) is 0 Å². The normalized spacial score (nSPS) is 22.7. The number of carbonyl (C=O) groups excluding carboxylic acids is 1. The molecule has 0 amide bonds. The van der Waals surface area contributed by atoms with Crippen molar-refractivity contribution in [3.05, 3.63) is 65.4 Å². The second-order valence-electron chi connectivity index (χ2n) is 8.87. The van der Waals surface area contributed by atoms with Crippen molar-refractivity contribution in [2.75, 3.05) is 46.8 Å². The number of ether oxygens (including phenoxy) is 3. The molecule has 6 heteroatoms. The SMILES string of the molecule is COc1ccc([C@@]23CCC(OC(=O)c4cccc(N(C)C)c4)=C[C@@H]2N(C)CC3)cc1OC. The highest BCUT2D eigenvalue weighted by molar-refractivity contribution is 5.91. The smallest absolute Gasteiger partial charge is 0.343 e. The average molecular weight is 437 g/mol. The largest absolute Gasteiger partial charge is 0.493 e. The Labute approximate surface area is 190 Å². The molecule has 0 radical (unpaired) electrons. The van der Waals surface area contributed by atoms with Crippen molar-refractivity contribution in [3.63, 3.8) is 0 Å². The van der Waals surface area contributed by atoms with E-state index in [9.17, 15) is 4.79 Å². The Kier molecular flexibility index (Phi) is 6.15. The summed E-state index contributed by atoms with van der Waals surface area (Å²) in [7, 11) is 9.37. The molecule has 0 bridgehead atoms. The van der Waals surface area contributed by atoms with Crippen molar-refractivity contribution < 1.29 is 19.0 Å². The van der Waals surface area contributed by atoms with E-state index in [0.717, 1.165) is 48.8 Å². The number of esters is 1. The fourth-order valence-corrected chi connectivity index (χ4v) is 5.03. The molecule has 1 heterocycles. The summed E-state index contributed by atoms with van der Waals surface area (Å²) in [6, 6.07) is 13.9. The summed E-state index contributed by atoms with van der Waals surface area (Å²) in [5.41, 5.74) is 2.74. The van der Waals surface area contributed by atoms with Crippen LogP contribution in [0.2, 0.25) is 0 Å². The summed E-state index contributed by atoms with van der Waals surface area (Å²) in [4.78, 5) is 17.2. The Hall–Kier alpha value is -2.99. The van der Waals surface area contributed by atoms with Gasteiger partial charge in [0.1, 0.15) is 5.76 Å². The second kappa shape index (κ2) is 8.87. The number of hydrogen-bond acceptors (Lipinski definition) is 6. The van der Waals surface area contributed by atoms with Gasteiger partial charge in [-0.25, -0.2) is 4.79 Å². The van der Waals surface area contributed by atoms with Gasteiger partial charge >= 0.3 is 5.97 Å². The van der Waals surface area contributed by atoms with E-state index in [2.05, 4.69) is 30.2 Å². The van der Waals surface area contributed by atoms with Crippen LogP contribution in [0.25, 0.3) is 0 Å². The van der Waals surface area contributed by atoms with Crippen LogP contribution in [0.1, 0.15) is 35.2 Å². The first kappa shape index (κ1) is 22.2. The molecule has 0 N–H and O–H groups in total. The molecular weight excluding hydrogens is 404 g/mol.